The van der Waals surface area contributed by atoms with Crippen LogP contribution in [0, 0.1) is 6.92 Å². The summed E-state index contributed by atoms with van der Waals surface area (Å²) < 4.78 is 26.2. The molecule has 110 valence electrons. The lowest BCUT2D eigenvalue weighted by atomic mass is 10.2. The van der Waals surface area contributed by atoms with Crippen molar-refractivity contribution in [3.8, 4) is 0 Å². The Morgan fingerprint density at radius 2 is 2.05 bits per heavy atom. The van der Waals surface area contributed by atoms with Gasteiger partial charge in [0.2, 0.25) is 15.9 Å². The Bertz CT molecular complexity index is 644. The van der Waals surface area contributed by atoms with Gasteiger partial charge in [0.25, 0.3) is 0 Å². The zero-order valence-electron chi connectivity index (χ0n) is 10.5. The number of benzene rings is 1. The maximum absolute atomic E-state index is 12.1. The summed E-state index contributed by atoms with van der Waals surface area (Å²) >= 11 is 5.82. The number of rotatable bonds is 6. The van der Waals surface area contributed by atoms with E-state index in [1.54, 1.807) is 0 Å². The monoisotopic (exact) mass is 320 g/mol. The van der Waals surface area contributed by atoms with Gasteiger partial charge in [-0.1, -0.05) is 17.7 Å². The summed E-state index contributed by atoms with van der Waals surface area (Å²) in [5.41, 5.74) is 5.17. The SMILES string of the molecule is Cc1c(Cl)cccc1S(=O)(=O)NC(CC(N)=O)C(=O)O. The van der Waals surface area contributed by atoms with E-state index in [-0.39, 0.29) is 15.5 Å². The summed E-state index contributed by atoms with van der Waals surface area (Å²) in [5, 5.41) is 9.13. The highest BCUT2D eigenvalue weighted by Gasteiger charge is 2.28. The van der Waals surface area contributed by atoms with Crippen molar-refractivity contribution in [3.63, 3.8) is 0 Å². The number of aliphatic carboxylic acids is 1. The van der Waals surface area contributed by atoms with Gasteiger partial charge in [-0.25, -0.2) is 8.42 Å². The molecule has 1 aromatic rings. The van der Waals surface area contributed by atoms with Crippen LogP contribution in [0.1, 0.15) is 12.0 Å². The number of halogens is 1. The number of amides is 1. The standard InChI is InChI=1S/C11H13ClN2O5S/c1-6-7(12)3-2-4-9(6)20(18,19)14-8(11(16)17)5-10(13)15/h2-4,8,14H,5H2,1H3,(H2,13,15)(H,16,17). The molecular formula is C11H13ClN2O5S. The molecule has 0 bridgehead atoms. The lowest BCUT2D eigenvalue weighted by Crippen LogP contribution is -2.43. The normalized spacial score (nSPS) is 12.9. The van der Waals surface area contributed by atoms with Crippen LogP contribution in [0.4, 0.5) is 0 Å². The Hall–Kier alpha value is -1.64. The number of hydrogen-bond acceptors (Lipinski definition) is 4. The summed E-state index contributed by atoms with van der Waals surface area (Å²) in [7, 11) is -4.13. The Morgan fingerprint density at radius 3 is 2.55 bits per heavy atom. The molecule has 0 aliphatic rings. The molecule has 1 aromatic carbocycles. The van der Waals surface area contributed by atoms with Crippen LogP contribution >= 0.6 is 11.6 Å². The number of carbonyl (C=O) groups excluding carboxylic acids is 1. The van der Waals surface area contributed by atoms with E-state index in [0.717, 1.165) is 0 Å². The zero-order chi connectivity index (χ0) is 15.5. The second kappa shape index (κ2) is 6.21. The Kier molecular flexibility index (Phi) is 5.09. The molecule has 1 atom stereocenters. The summed E-state index contributed by atoms with van der Waals surface area (Å²) in [4.78, 5) is 21.5. The first kappa shape index (κ1) is 16.4. The highest BCUT2D eigenvalue weighted by molar-refractivity contribution is 7.89. The molecular weight excluding hydrogens is 308 g/mol. The first-order valence-electron chi connectivity index (χ1n) is 5.43. The molecule has 0 fully saturated rings. The molecule has 0 aromatic heterocycles. The largest absolute Gasteiger partial charge is 0.480 e. The fraction of sp³-hybridized carbons (Fsp3) is 0.273. The molecule has 0 radical (unpaired) electrons. The van der Waals surface area contributed by atoms with Crippen molar-refractivity contribution >= 4 is 33.5 Å². The maximum atomic E-state index is 12.1. The van der Waals surface area contributed by atoms with E-state index in [0.29, 0.717) is 0 Å². The quantitative estimate of drug-likeness (QED) is 0.692. The van der Waals surface area contributed by atoms with E-state index in [4.69, 9.17) is 22.4 Å². The third kappa shape index (κ3) is 3.92. The minimum atomic E-state index is -4.13. The summed E-state index contributed by atoms with van der Waals surface area (Å²) in [6.45, 7) is 1.49. The minimum absolute atomic E-state index is 0.152. The molecule has 0 spiro atoms. The molecule has 0 aliphatic heterocycles. The van der Waals surface area contributed by atoms with Gasteiger partial charge in [0.1, 0.15) is 6.04 Å². The number of primary amides is 1. The fourth-order valence-corrected chi connectivity index (χ4v) is 3.20. The maximum Gasteiger partial charge on any atom is 0.322 e. The topological polar surface area (TPSA) is 127 Å². The van der Waals surface area contributed by atoms with Crippen molar-refractivity contribution < 1.29 is 23.1 Å². The van der Waals surface area contributed by atoms with Gasteiger partial charge in [-0.15, -0.1) is 0 Å². The van der Waals surface area contributed by atoms with Gasteiger partial charge < -0.3 is 10.8 Å². The van der Waals surface area contributed by atoms with E-state index in [1.165, 1.54) is 25.1 Å². The van der Waals surface area contributed by atoms with E-state index < -0.39 is 34.4 Å². The number of carboxylic acid groups (broad SMARTS) is 1. The van der Waals surface area contributed by atoms with Gasteiger partial charge in [0.05, 0.1) is 11.3 Å². The third-order valence-electron chi connectivity index (χ3n) is 2.51. The molecule has 1 amide bonds. The van der Waals surface area contributed by atoms with Crippen LogP contribution in [-0.2, 0) is 19.6 Å². The van der Waals surface area contributed by atoms with Crippen LogP contribution in [0.5, 0.6) is 0 Å². The van der Waals surface area contributed by atoms with E-state index in [9.17, 15) is 18.0 Å². The Balaban J connectivity index is 3.13. The van der Waals surface area contributed by atoms with Gasteiger partial charge in [-0.3, -0.25) is 9.59 Å². The van der Waals surface area contributed by atoms with Gasteiger partial charge >= 0.3 is 5.97 Å². The molecule has 9 heteroatoms. The smallest absolute Gasteiger partial charge is 0.322 e. The van der Waals surface area contributed by atoms with Crippen molar-refractivity contribution in [2.24, 2.45) is 5.73 Å². The van der Waals surface area contributed by atoms with E-state index in [2.05, 4.69) is 0 Å². The lowest BCUT2D eigenvalue weighted by molar-refractivity contribution is -0.140. The number of nitrogens with two attached hydrogens (primary N) is 1. The predicted octanol–water partition coefficient (Wildman–Crippen LogP) is 0.255. The van der Waals surface area contributed by atoms with Gasteiger partial charge in [-0.2, -0.15) is 4.72 Å². The van der Waals surface area contributed by atoms with Crippen LogP contribution in [0.3, 0.4) is 0 Å². The molecule has 0 saturated heterocycles. The first-order chi connectivity index (χ1) is 9.15. The van der Waals surface area contributed by atoms with Gasteiger partial charge in [0.15, 0.2) is 0 Å². The Morgan fingerprint density at radius 1 is 1.45 bits per heavy atom. The van der Waals surface area contributed by atoms with Crippen molar-refractivity contribution in [2.45, 2.75) is 24.3 Å². The highest BCUT2D eigenvalue weighted by Crippen LogP contribution is 2.22. The average molecular weight is 321 g/mol. The van der Waals surface area contributed by atoms with Crippen LogP contribution in [-0.4, -0.2) is 31.4 Å². The van der Waals surface area contributed by atoms with Gasteiger partial charge in [0, 0.05) is 5.02 Å². The van der Waals surface area contributed by atoms with Crippen molar-refractivity contribution in [1.29, 1.82) is 0 Å². The number of carboxylic acids is 1. The highest BCUT2D eigenvalue weighted by atomic mass is 35.5. The second-order valence-corrected chi connectivity index (χ2v) is 6.14. The van der Waals surface area contributed by atoms with Crippen LogP contribution < -0.4 is 10.5 Å². The second-order valence-electron chi connectivity index (χ2n) is 4.05. The minimum Gasteiger partial charge on any atom is -0.480 e. The predicted molar refractivity (Wildman–Crippen MR) is 71.7 cm³/mol. The third-order valence-corrected chi connectivity index (χ3v) is 4.53. The summed E-state index contributed by atoms with van der Waals surface area (Å²) in [6.07, 6.45) is -0.645. The van der Waals surface area contributed by atoms with Crippen LogP contribution in [0.2, 0.25) is 5.02 Å². The van der Waals surface area contributed by atoms with Crippen molar-refractivity contribution in [1.82, 2.24) is 4.72 Å². The number of carbonyl (C=O) groups is 2. The first-order valence-corrected chi connectivity index (χ1v) is 7.30. The Labute approximate surface area is 120 Å². The fourth-order valence-electron chi connectivity index (χ4n) is 1.51. The van der Waals surface area contributed by atoms with Crippen molar-refractivity contribution in [3.05, 3.63) is 28.8 Å². The lowest BCUT2D eigenvalue weighted by Gasteiger charge is -2.15. The number of hydrogen-bond donors (Lipinski definition) is 3. The molecule has 20 heavy (non-hydrogen) atoms. The molecule has 7 nitrogen and oxygen atoms in total. The molecule has 1 rings (SSSR count). The van der Waals surface area contributed by atoms with Crippen molar-refractivity contribution in [2.75, 3.05) is 0 Å². The molecule has 0 heterocycles. The summed E-state index contributed by atoms with van der Waals surface area (Å²) in [5.74, 6) is -2.42. The van der Waals surface area contributed by atoms with E-state index in [1.807, 2.05) is 4.72 Å². The van der Waals surface area contributed by atoms with Crippen LogP contribution in [0.25, 0.3) is 0 Å². The average Bonchev–Trinajstić information content (AvgIpc) is 2.30. The molecule has 1 unspecified atom stereocenters. The molecule has 0 saturated carbocycles. The number of sulfonamides is 1. The van der Waals surface area contributed by atoms with Crippen LogP contribution in [0.15, 0.2) is 23.1 Å². The van der Waals surface area contributed by atoms with E-state index >= 15 is 0 Å². The number of nitrogens with one attached hydrogen (secondary N) is 1. The molecule has 0 aliphatic carbocycles. The molecule has 4 N–H and O–H groups in total. The zero-order valence-corrected chi connectivity index (χ0v) is 12.0. The summed E-state index contributed by atoms with van der Waals surface area (Å²) in [6, 6.07) is 2.59. The van der Waals surface area contributed by atoms with Gasteiger partial charge in [-0.05, 0) is 24.6 Å².